The van der Waals surface area contributed by atoms with Crippen molar-refractivity contribution >= 4 is 28.8 Å². The molecule has 0 unspecified atom stereocenters. The summed E-state index contributed by atoms with van der Waals surface area (Å²) in [5, 5.41) is 3.05. The molecule has 0 spiro atoms. The molecule has 0 saturated carbocycles. The molecule has 0 aliphatic heterocycles. The summed E-state index contributed by atoms with van der Waals surface area (Å²) in [6, 6.07) is 0. The number of unbranched alkanes of at least 4 members (excludes halogenated alkanes) is 1. The first-order valence-corrected chi connectivity index (χ1v) is 7.57. The quantitative estimate of drug-likeness (QED) is 0.708. The van der Waals surface area contributed by atoms with E-state index < -0.39 is 0 Å². The normalized spacial score (nSPS) is 11.1. The SMILES string of the molecule is CCCCN(CCc1nc(CCl)cs1)CC(N)=O. The Morgan fingerprint density at radius 2 is 2.33 bits per heavy atom. The molecule has 1 aromatic rings. The van der Waals surface area contributed by atoms with Crippen LogP contribution in [0.15, 0.2) is 5.38 Å². The first-order chi connectivity index (χ1) is 8.65. The molecular weight excluding hydrogens is 270 g/mol. The topological polar surface area (TPSA) is 59.2 Å². The van der Waals surface area contributed by atoms with Gasteiger partial charge in [0.15, 0.2) is 0 Å². The lowest BCUT2D eigenvalue weighted by atomic mass is 10.3. The van der Waals surface area contributed by atoms with E-state index in [1.807, 2.05) is 5.38 Å². The fraction of sp³-hybridized carbons (Fsp3) is 0.667. The third-order valence-electron chi connectivity index (χ3n) is 2.59. The van der Waals surface area contributed by atoms with Crippen molar-refractivity contribution in [1.29, 1.82) is 0 Å². The van der Waals surface area contributed by atoms with Gasteiger partial charge in [-0.1, -0.05) is 13.3 Å². The van der Waals surface area contributed by atoms with Crippen LogP contribution in [0, 0.1) is 0 Å². The second kappa shape index (κ2) is 8.45. The van der Waals surface area contributed by atoms with Gasteiger partial charge in [-0.2, -0.15) is 0 Å². The fourth-order valence-electron chi connectivity index (χ4n) is 1.65. The molecule has 6 heteroatoms. The number of nitrogens with two attached hydrogens (primary N) is 1. The van der Waals surface area contributed by atoms with Gasteiger partial charge in [-0.3, -0.25) is 9.69 Å². The first-order valence-electron chi connectivity index (χ1n) is 6.15. The maximum absolute atomic E-state index is 11.0. The lowest BCUT2D eigenvalue weighted by molar-refractivity contribution is -0.119. The molecule has 0 atom stereocenters. The van der Waals surface area contributed by atoms with Crippen molar-refractivity contribution in [2.45, 2.75) is 32.1 Å². The minimum Gasteiger partial charge on any atom is -0.369 e. The smallest absolute Gasteiger partial charge is 0.231 e. The van der Waals surface area contributed by atoms with E-state index in [4.69, 9.17) is 17.3 Å². The van der Waals surface area contributed by atoms with Gasteiger partial charge in [-0.15, -0.1) is 22.9 Å². The summed E-state index contributed by atoms with van der Waals surface area (Å²) in [7, 11) is 0. The maximum atomic E-state index is 11.0. The molecule has 102 valence electrons. The summed E-state index contributed by atoms with van der Waals surface area (Å²) in [6.45, 7) is 4.19. The predicted octanol–water partition coefficient (Wildman–Crippen LogP) is 2.01. The van der Waals surface area contributed by atoms with Crippen LogP contribution < -0.4 is 5.73 Å². The molecule has 0 radical (unpaired) electrons. The molecule has 0 aliphatic rings. The van der Waals surface area contributed by atoms with Gasteiger partial charge < -0.3 is 5.73 Å². The Morgan fingerprint density at radius 1 is 1.56 bits per heavy atom. The highest BCUT2D eigenvalue weighted by atomic mass is 35.5. The van der Waals surface area contributed by atoms with Crippen molar-refractivity contribution in [2.24, 2.45) is 5.73 Å². The molecule has 1 aromatic heterocycles. The van der Waals surface area contributed by atoms with E-state index in [1.54, 1.807) is 11.3 Å². The molecule has 2 N–H and O–H groups in total. The van der Waals surface area contributed by atoms with Crippen molar-refractivity contribution in [3.63, 3.8) is 0 Å². The number of amides is 1. The highest BCUT2D eigenvalue weighted by molar-refractivity contribution is 7.09. The van der Waals surface area contributed by atoms with Crippen LogP contribution in [0.2, 0.25) is 0 Å². The number of thiazole rings is 1. The maximum Gasteiger partial charge on any atom is 0.231 e. The van der Waals surface area contributed by atoms with E-state index in [0.717, 1.165) is 43.1 Å². The van der Waals surface area contributed by atoms with Crippen LogP contribution >= 0.6 is 22.9 Å². The van der Waals surface area contributed by atoms with Crippen molar-refractivity contribution in [3.05, 3.63) is 16.1 Å². The minimum absolute atomic E-state index is 0.272. The first kappa shape index (κ1) is 15.4. The minimum atomic E-state index is -0.272. The molecule has 1 rings (SSSR count). The van der Waals surface area contributed by atoms with Crippen molar-refractivity contribution in [1.82, 2.24) is 9.88 Å². The molecular formula is C12H20ClN3OS. The Kier molecular flexibility index (Phi) is 7.23. The van der Waals surface area contributed by atoms with E-state index in [1.165, 1.54) is 0 Å². The van der Waals surface area contributed by atoms with Gasteiger partial charge in [-0.05, 0) is 13.0 Å². The van der Waals surface area contributed by atoms with Crippen LogP contribution in [0.4, 0.5) is 0 Å². The van der Waals surface area contributed by atoms with Gasteiger partial charge >= 0.3 is 0 Å². The van der Waals surface area contributed by atoms with Gasteiger partial charge in [0.05, 0.1) is 23.1 Å². The van der Waals surface area contributed by atoms with Gasteiger partial charge in [0, 0.05) is 18.3 Å². The fourth-order valence-corrected chi connectivity index (χ4v) is 2.67. The summed E-state index contributed by atoms with van der Waals surface area (Å²) < 4.78 is 0. The Labute approximate surface area is 117 Å². The lowest BCUT2D eigenvalue weighted by Crippen LogP contribution is -2.35. The second-order valence-electron chi connectivity index (χ2n) is 4.21. The number of hydrogen-bond donors (Lipinski definition) is 1. The third kappa shape index (κ3) is 5.80. The number of nitrogens with zero attached hydrogens (tertiary/aromatic N) is 2. The number of carbonyl (C=O) groups is 1. The largest absolute Gasteiger partial charge is 0.369 e. The van der Waals surface area contributed by atoms with Crippen LogP contribution in [0.1, 0.15) is 30.5 Å². The number of rotatable bonds is 9. The molecule has 1 heterocycles. The van der Waals surface area contributed by atoms with E-state index >= 15 is 0 Å². The summed E-state index contributed by atoms with van der Waals surface area (Å²) in [5.41, 5.74) is 6.17. The molecule has 0 bridgehead atoms. The second-order valence-corrected chi connectivity index (χ2v) is 5.42. The van der Waals surface area contributed by atoms with Crippen LogP contribution in [-0.4, -0.2) is 35.4 Å². The predicted molar refractivity (Wildman–Crippen MR) is 75.9 cm³/mol. The standard InChI is InChI=1S/C12H20ClN3OS/c1-2-3-5-16(8-11(14)17)6-4-12-15-10(7-13)9-18-12/h9H,2-8H2,1H3,(H2,14,17). The molecule has 0 fully saturated rings. The zero-order valence-electron chi connectivity index (χ0n) is 10.7. The highest BCUT2D eigenvalue weighted by Crippen LogP contribution is 2.12. The molecule has 4 nitrogen and oxygen atoms in total. The lowest BCUT2D eigenvalue weighted by Gasteiger charge is -2.19. The number of alkyl halides is 1. The average Bonchev–Trinajstić information content (AvgIpc) is 2.80. The van der Waals surface area contributed by atoms with Gasteiger partial charge in [0.2, 0.25) is 5.91 Å². The number of hydrogen-bond acceptors (Lipinski definition) is 4. The van der Waals surface area contributed by atoms with Crippen molar-refractivity contribution in [2.75, 3.05) is 19.6 Å². The summed E-state index contributed by atoms with van der Waals surface area (Å²) >= 11 is 7.33. The van der Waals surface area contributed by atoms with E-state index in [2.05, 4.69) is 16.8 Å². The zero-order valence-corrected chi connectivity index (χ0v) is 12.3. The molecule has 18 heavy (non-hydrogen) atoms. The van der Waals surface area contributed by atoms with Gasteiger partial charge in [0.1, 0.15) is 0 Å². The van der Waals surface area contributed by atoms with Crippen LogP contribution in [-0.2, 0) is 17.1 Å². The Bertz CT molecular complexity index is 370. The Hall–Kier alpha value is -0.650. The highest BCUT2D eigenvalue weighted by Gasteiger charge is 2.09. The zero-order chi connectivity index (χ0) is 13.4. The number of halogens is 1. The summed E-state index contributed by atoms with van der Waals surface area (Å²) in [6.07, 6.45) is 3.04. The average molecular weight is 290 g/mol. The summed E-state index contributed by atoms with van der Waals surface area (Å²) in [5.74, 6) is 0.184. The molecule has 0 saturated heterocycles. The van der Waals surface area contributed by atoms with E-state index in [9.17, 15) is 4.79 Å². The van der Waals surface area contributed by atoms with Crippen molar-refractivity contribution in [3.8, 4) is 0 Å². The van der Waals surface area contributed by atoms with E-state index in [-0.39, 0.29) is 5.91 Å². The van der Waals surface area contributed by atoms with Crippen LogP contribution in [0.25, 0.3) is 0 Å². The summed E-state index contributed by atoms with van der Waals surface area (Å²) in [4.78, 5) is 17.5. The van der Waals surface area contributed by atoms with Crippen LogP contribution in [0.5, 0.6) is 0 Å². The van der Waals surface area contributed by atoms with Crippen molar-refractivity contribution < 1.29 is 4.79 Å². The van der Waals surface area contributed by atoms with Gasteiger partial charge in [0.25, 0.3) is 0 Å². The third-order valence-corrected chi connectivity index (χ3v) is 3.82. The van der Waals surface area contributed by atoms with Crippen LogP contribution in [0.3, 0.4) is 0 Å². The number of carbonyl (C=O) groups excluding carboxylic acids is 1. The Balaban J connectivity index is 2.41. The Morgan fingerprint density at radius 3 is 2.89 bits per heavy atom. The molecule has 0 aliphatic carbocycles. The molecule has 1 amide bonds. The number of aromatic nitrogens is 1. The number of primary amides is 1. The van der Waals surface area contributed by atoms with Gasteiger partial charge in [-0.25, -0.2) is 4.98 Å². The monoisotopic (exact) mass is 289 g/mol. The molecule has 0 aromatic carbocycles. The van der Waals surface area contributed by atoms with E-state index in [0.29, 0.717) is 12.4 Å².